The number of nitrogens with zero attached hydrogens (tertiary/aromatic N) is 1. The molecular formula is C13H24N2O4. The molecule has 2 atom stereocenters. The van der Waals surface area contributed by atoms with E-state index in [9.17, 15) is 14.7 Å². The number of aliphatic carboxylic acids is 1. The van der Waals surface area contributed by atoms with Gasteiger partial charge in [0.15, 0.2) is 0 Å². The third kappa shape index (κ3) is 4.38. The summed E-state index contributed by atoms with van der Waals surface area (Å²) in [6.45, 7) is 7.29. The van der Waals surface area contributed by atoms with E-state index in [0.717, 1.165) is 6.42 Å². The highest BCUT2D eigenvalue weighted by atomic mass is 16.5. The minimum atomic E-state index is -1.01. The second kappa shape index (κ2) is 6.23. The van der Waals surface area contributed by atoms with E-state index in [2.05, 4.69) is 5.32 Å². The van der Waals surface area contributed by atoms with Gasteiger partial charge in [-0.25, -0.2) is 9.59 Å². The van der Waals surface area contributed by atoms with E-state index in [1.54, 1.807) is 32.8 Å². The molecule has 1 fully saturated rings. The quantitative estimate of drug-likeness (QED) is 0.805. The molecule has 0 aromatic carbocycles. The second-order valence-corrected chi connectivity index (χ2v) is 6.14. The number of urea groups is 1. The van der Waals surface area contributed by atoms with E-state index < -0.39 is 17.4 Å². The molecule has 0 aromatic heterocycles. The van der Waals surface area contributed by atoms with Crippen molar-refractivity contribution in [1.29, 1.82) is 0 Å². The lowest BCUT2D eigenvalue weighted by molar-refractivity contribution is -0.142. The molecule has 1 heterocycles. The summed E-state index contributed by atoms with van der Waals surface area (Å²) in [6.07, 6.45) is 0.897. The zero-order valence-electron chi connectivity index (χ0n) is 12.1. The van der Waals surface area contributed by atoms with Crippen LogP contribution in [0.3, 0.4) is 0 Å². The van der Waals surface area contributed by atoms with Crippen molar-refractivity contribution in [3.63, 3.8) is 0 Å². The average Bonchev–Trinajstić information content (AvgIpc) is 2.72. The SMILES string of the molecule is COCC1CCN(C(=O)N[C@H](C(=O)O)C(C)(C)C)C1. The Kier molecular flexibility index (Phi) is 5.17. The zero-order chi connectivity index (χ0) is 14.6. The number of hydrogen-bond donors (Lipinski definition) is 2. The van der Waals surface area contributed by atoms with Crippen LogP contribution in [0.15, 0.2) is 0 Å². The minimum absolute atomic E-state index is 0.305. The molecule has 6 heteroatoms. The van der Waals surface area contributed by atoms with Crippen LogP contribution in [0, 0.1) is 11.3 Å². The number of hydrogen-bond acceptors (Lipinski definition) is 3. The fraction of sp³-hybridized carbons (Fsp3) is 0.846. The summed E-state index contributed by atoms with van der Waals surface area (Å²) in [4.78, 5) is 24.9. The predicted octanol–water partition coefficient (Wildman–Crippen LogP) is 1.16. The van der Waals surface area contributed by atoms with Crippen molar-refractivity contribution in [2.24, 2.45) is 11.3 Å². The lowest BCUT2D eigenvalue weighted by atomic mass is 9.87. The highest BCUT2D eigenvalue weighted by Gasteiger charge is 2.35. The minimum Gasteiger partial charge on any atom is -0.480 e. The second-order valence-electron chi connectivity index (χ2n) is 6.14. The number of likely N-dealkylation sites (tertiary alicyclic amines) is 1. The lowest BCUT2D eigenvalue weighted by Crippen LogP contribution is -2.52. The Balaban J connectivity index is 2.57. The Labute approximate surface area is 114 Å². The van der Waals surface area contributed by atoms with E-state index in [4.69, 9.17) is 4.74 Å². The molecule has 2 N–H and O–H groups in total. The van der Waals surface area contributed by atoms with Crippen molar-refractivity contribution >= 4 is 12.0 Å². The Hall–Kier alpha value is -1.30. The van der Waals surface area contributed by atoms with Crippen LogP contribution in [0.5, 0.6) is 0 Å². The van der Waals surface area contributed by atoms with Gasteiger partial charge in [0.2, 0.25) is 0 Å². The Morgan fingerprint density at radius 1 is 1.47 bits per heavy atom. The lowest BCUT2D eigenvalue weighted by Gasteiger charge is -2.29. The summed E-state index contributed by atoms with van der Waals surface area (Å²) in [5, 5.41) is 11.8. The molecule has 1 saturated heterocycles. The maximum Gasteiger partial charge on any atom is 0.326 e. The number of carboxylic acid groups (broad SMARTS) is 1. The fourth-order valence-electron chi connectivity index (χ4n) is 2.25. The number of rotatable bonds is 4. The van der Waals surface area contributed by atoms with E-state index in [1.165, 1.54) is 0 Å². The monoisotopic (exact) mass is 272 g/mol. The Bertz CT molecular complexity index is 338. The molecule has 1 rings (SSSR count). The van der Waals surface area contributed by atoms with Gasteiger partial charge < -0.3 is 20.1 Å². The smallest absolute Gasteiger partial charge is 0.326 e. The summed E-state index contributed by atoms with van der Waals surface area (Å²) < 4.78 is 5.07. The van der Waals surface area contributed by atoms with Crippen LogP contribution in [-0.2, 0) is 9.53 Å². The van der Waals surface area contributed by atoms with Crippen molar-refractivity contribution in [3.8, 4) is 0 Å². The van der Waals surface area contributed by atoms with Gasteiger partial charge in [-0.3, -0.25) is 0 Å². The summed E-state index contributed by atoms with van der Waals surface area (Å²) in [5.41, 5.74) is -0.521. The first-order chi connectivity index (χ1) is 8.75. The van der Waals surface area contributed by atoms with Gasteiger partial charge in [0.25, 0.3) is 0 Å². The van der Waals surface area contributed by atoms with Gasteiger partial charge in [-0.05, 0) is 11.8 Å². The topological polar surface area (TPSA) is 78.9 Å². The van der Waals surface area contributed by atoms with Crippen molar-refractivity contribution in [3.05, 3.63) is 0 Å². The summed E-state index contributed by atoms with van der Waals surface area (Å²) in [7, 11) is 1.64. The summed E-state index contributed by atoms with van der Waals surface area (Å²) >= 11 is 0. The number of carbonyl (C=O) groups is 2. The van der Waals surface area contributed by atoms with Crippen LogP contribution >= 0.6 is 0 Å². The number of carbonyl (C=O) groups excluding carboxylic acids is 1. The number of methoxy groups -OCH3 is 1. The number of ether oxygens (including phenoxy) is 1. The molecule has 19 heavy (non-hydrogen) atoms. The molecule has 0 aromatic rings. The highest BCUT2D eigenvalue weighted by Crippen LogP contribution is 2.21. The van der Waals surface area contributed by atoms with Crippen molar-refractivity contribution < 1.29 is 19.4 Å². The number of carboxylic acids is 1. The van der Waals surface area contributed by atoms with Gasteiger partial charge in [0, 0.05) is 26.1 Å². The molecular weight excluding hydrogens is 248 g/mol. The number of nitrogens with one attached hydrogen (secondary N) is 1. The third-order valence-electron chi connectivity index (χ3n) is 3.36. The summed E-state index contributed by atoms with van der Waals surface area (Å²) in [6, 6.07) is -1.19. The van der Waals surface area contributed by atoms with Crippen LogP contribution < -0.4 is 5.32 Å². The van der Waals surface area contributed by atoms with Gasteiger partial charge in [-0.15, -0.1) is 0 Å². The average molecular weight is 272 g/mol. The van der Waals surface area contributed by atoms with Gasteiger partial charge in [0.1, 0.15) is 6.04 Å². The molecule has 0 bridgehead atoms. The van der Waals surface area contributed by atoms with Gasteiger partial charge >= 0.3 is 12.0 Å². The standard InChI is InChI=1S/C13H24N2O4/c1-13(2,3)10(11(16)17)14-12(18)15-6-5-9(7-15)8-19-4/h9-10H,5-8H2,1-4H3,(H,14,18)(H,16,17)/t9?,10-/m1/s1. The molecule has 1 unspecified atom stereocenters. The van der Waals surface area contributed by atoms with E-state index in [0.29, 0.717) is 25.6 Å². The van der Waals surface area contributed by atoms with Crippen molar-refractivity contribution in [1.82, 2.24) is 10.2 Å². The molecule has 0 saturated carbocycles. The summed E-state index contributed by atoms with van der Waals surface area (Å²) in [5.74, 6) is -0.665. The largest absolute Gasteiger partial charge is 0.480 e. The van der Waals surface area contributed by atoms with E-state index in [1.807, 2.05) is 0 Å². The first kappa shape index (κ1) is 15.8. The van der Waals surface area contributed by atoms with E-state index in [-0.39, 0.29) is 6.03 Å². The molecule has 1 aliphatic heterocycles. The van der Waals surface area contributed by atoms with Crippen molar-refractivity contribution in [2.75, 3.05) is 26.8 Å². The normalized spacial score (nSPS) is 21.3. The van der Waals surface area contributed by atoms with E-state index >= 15 is 0 Å². The molecule has 1 aliphatic rings. The maximum atomic E-state index is 12.1. The van der Waals surface area contributed by atoms with Crippen LogP contribution in [0.4, 0.5) is 4.79 Å². The molecule has 0 aliphatic carbocycles. The molecule has 2 amide bonds. The van der Waals surface area contributed by atoms with Gasteiger partial charge in [0.05, 0.1) is 6.61 Å². The predicted molar refractivity (Wildman–Crippen MR) is 71.0 cm³/mol. The van der Waals surface area contributed by atoms with Gasteiger partial charge in [-0.2, -0.15) is 0 Å². The molecule has 110 valence electrons. The molecule has 6 nitrogen and oxygen atoms in total. The van der Waals surface area contributed by atoms with Crippen LogP contribution in [0.1, 0.15) is 27.2 Å². The van der Waals surface area contributed by atoms with Gasteiger partial charge in [-0.1, -0.05) is 20.8 Å². The first-order valence-corrected chi connectivity index (χ1v) is 6.53. The first-order valence-electron chi connectivity index (χ1n) is 6.53. The highest BCUT2D eigenvalue weighted by molar-refractivity contribution is 5.83. The third-order valence-corrected chi connectivity index (χ3v) is 3.36. The Morgan fingerprint density at radius 2 is 2.11 bits per heavy atom. The fourth-order valence-corrected chi connectivity index (χ4v) is 2.25. The Morgan fingerprint density at radius 3 is 2.58 bits per heavy atom. The van der Waals surface area contributed by atoms with Crippen LogP contribution in [0.2, 0.25) is 0 Å². The van der Waals surface area contributed by atoms with Crippen LogP contribution in [0.25, 0.3) is 0 Å². The zero-order valence-corrected chi connectivity index (χ0v) is 12.1. The van der Waals surface area contributed by atoms with Crippen molar-refractivity contribution in [2.45, 2.75) is 33.2 Å². The number of amides is 2. The molecule has 0 spiro atoms. The maximum absolute atomic E-state index is 12.1. The molecule has 0 radical (unpaired) electrons. The van der Waals surface area contributed by atoms with Crippen LogP contribution in [-0.4, -0.2) is 54.9 Å².